The van der Waals surface area contributed by atoms with Gasteiger partial charge in [0, 0.05) is 12.1 Å². The average molecular weight is 272 g/mol. The van der Waals surface area contributed by atoms with Crippen LogP contribution in [0.1, 0.15) is 13.8 Å². The van der Waals surface area contributed by atoms with E-state index in [-0.39, 0.29) is 17.9 Å². The number of ether oxygens (including phenoxy) is 2. The number of carbonyl (C=O) groups excluding carboxylic acids is 1. The number of esters is 1. The quantitative estimate of drug-likeness (QED) is 0.837. The van der Waals surface area contributed by atoms with Crippen LogP contribution >= 0.6 is 11.6 Å². The van der Waals surface area contributed by atoms with Crippen molar-refractivity contribution in [1.29, 1.82) is 0 Å². The summed E-state index contributed by atoms with van der Waals surface area (Å²) >= 11 is 6.08. The molecule has 0 heterocycles. The zero-order valence-electron chi connectivity index (χ0n) is 11.0. The monoisotopic (exact) mass is 271 g/mol. The molecular formula is C13H18ClNO3. The Morgan fingerprint density at radius 1 is 1.33 bits per heavy atom. The van der Waals surface area contributed by atoms with Gasteiger partial charge in [-0.25, -0.2) is 0 Å². The van der Waals surface area contributed by atoms with Crippen molar-refractivity contribution in [2.75, 3.05) is 19.5 Å². The maximum atomic E-state index is 11.4. The number of rotatable bonds is 5. The molecule has 0 radical (unpaired) electrons. The minimum Gasteiger partial charge on any atom is -0.497 e. The van der Waals surface area contributed by atoms with E-state index in [9.17, 15) is 4.79 Å². The minimum atomic E-state index is -0.266. The van der Waals surface area contributed by atoms with Gasteiger partial charge in [-0.3, -0.25) is 4.79 Å². The lowest BCUT2D eigenvalue weighted by atomic mass is 10.0. The lowest BCUT2D eigenvalue weighted by Crippen LogP contribution is -2.30. The van der Waals surface area contributed by atoms with Gasteiger partial charge < -0.3 is 14.8 Å². The Bertz CT molecular complexity index is 423. The Balaban J connectivity index is 2.80. The number of hydrogen-bond donors (Lipinski definition) is 1. The Morgan fingerprint density at radius 3 is 2.56 bits per heavy atom. The van der Waals surface area contributed by atoms with Crippen LogP contribution in [0.5, 0.6) is 5.75 Å². The van der Waals surface area contributed by atoms with Crippen LogP contribution in [0.3, 0.4) is 0 Å². The highest BCUT2D eigenvalue weighted by Crippen LogP contribution is 2.28. The lowest BCUT2D eigenvalue weighted by Gasteiger charge is -2.21. The third kappa shape index (κ3) is 3.53. The molecular weight excluding hydrogens is 254 g/mol. The first-order valence-corrected chi connectivity index (χ1v) is 6.05. The van der Waals surface area contributed by atoms with E-state index < -0.39 is 0 Å². The molecule has 1 rings (SSSR count). The Morgan fingerprint density at radius 2 is 2.00 bits per heavy atom. The van der Waals surface area contributed by atoms with Crippen LogP contribution in [0, 0.1) is 5.92 Å². The van der Waals surface area contributed by atoms with E-state index in [2.05, 4.69) is 5.32 Å². The van der Waals surface area contributed by atoms with Crippen molar-refractivity contribution >= 4 is 23.3 Å². The van der Waals surface area contributed by atoms with Crippen LogP contribution in [0.4, 0.5) is 5.69 Å². The molecule has 0 aliphatic rings. The third-order valence-corrected chi connectivity index (χ3v) is 3.21. The number of methoxy groups -OCH3 is 2. The normalized spacial score (nSPS) is 13.6. The van der Waals surface area contributed by atoms with Gasteiger partial charge in [-0.15, -0.1) is 0 Å². The predicted molar refractivity (Wildman–Crippen MR) is 72.3 cm³/mol. The highest BCUT2D eigenvalue weighted by atomic mass is 35.5. The summed E-state index contributed by atoms with van der Waals surface area (Å²) in [5, 5.41) is 3.77. The number of benzene rings is 1. The molecule has 0 fully saturated rings. The van der Waals surface area contributed by atoms with Gasteiger partial charge in [-0.1, -0.05) is 11.6 Å². The Labute approximate surface area is 112 Å². The van der Waals surface area contributed by atoms with Gasteiger partial charge in [0.2, 0.25) is 0 Å². The summed E-state index contributed by atoms with van der Waals surface area (Å²) in [5.74, 6) is 0.186. The molecule has 2 unspecified atom stereocenters. The fourth-order valence-corrected chi connectivity index (χ4v) is 1.67. The van der Waals surface area contributed by atoms with E-state index in [4.69, 9.17) is 21.1 Å². The molecule has 1 aromatic carbocycles. The molecule has 100 valence electrons. The van der Waals surface area contributed by atoms with Crippen molar-refractivity contribution in [2.24, 2.45) is 5.92 Å². The molecule has 0 bridgehead atoms. The number of halogens is 1. The molecule has 0 aliphatic heterocycles. The average Bonchev–Trinajstić information content (AvgIpc) is 2.39. The fourth-order valence-electron chi connectivity index (χ4n) is 1.50. The summed E-state index contributed by atoms with van der Waals surface area (Å²) in [6, 6.07) is 5.23. The van der Waals surface area contributed by atoms with Crippen LogP contribution < -0.4 is 10.1 Å². The van der Waals surface area contributed by atoms with Crippen LogP contribution in [0.25, 0.3) is 0 Å². The van der Waals surface area contributed by atoms with Crippen molar-refractivity contribution in [1.82, 2.24) is 0 Å². The second kappa shape index (κ2) is 6.50. The topological polar surface area (TPSA) is 47.6 Å². The summed E-state index contributed by atoms with van der Waals surface area (Å²) in [7, 11) is 2.97. The second-order valence-corrected chi connectivity index (χ2v) is 4.50. The molecule has 0 spiro atoms. The van der Waals surface area contributed by atoms with Crippen molar-refractivity contribution in [2.45, 2.75) is 19.9 Å². The van der Waals surface area contributed by atoms with Crippen LogP contribution in [-0.2, 0) is 9.53 Å². The zero-order chi connectivity index (χ0) is 13.7. The molecule has 1 aromatic rings. The Hall–Kier alpha value is -1.42. The maximum absolute atomic E-state index is 11.4. The van der Waals surface area contributed by atoms with E-state index in [1.54, 1.807) is 32.2 Å². The molecule has 1 N–H and O–H groups in total. The predicted octanol–water partition coefficient (Wildman–Crippen LogP) is 2.96. The molecule has 5 heteroatoms. The summed E-state index contributed by atoms with van der Waals surface area (Å²) in [6.07, 6.45) is 0. The van der Waals surface area contributed by atoms with Gasteiger partial charge in [-0.2, -0.15) is 0 Å². The second-order valence-electron chi connectivity index (χ2n) is 4.09. The standard InChI is InChI=1S/C13H18ClNO3/c1-8(13(16)18-4)9(2)15-12-7-10(17-3)5-6-11(12)14/h5-9,15H,1-4H3. The smallest absolute Gasteiger partial charge is 0.310 e. The minimum absolute atomic E-state index is 0.0953. The van der Waals surface area contributed by atoms with Gasteiger partial charge >= 0.3 is 5.97 Å². The first-order valence-electron chi connectivity index (χ1n) is 5.67. The third-order valence-electron chi connectivity index (χ3n) is 2.88. The highest BCUT2D eigenvalue weighted by Gasteiger charge is 2.21. The number of nitrogens with one attached hydrogen (secondary N) is 1. The number of hydrogen-bond acceptors (Lipinski definition) is 4. The van der Waals surface area contributed by atoms with Crippen molar-refractivity contribution < 1.29 is 14.3 Å². The van der Waals surface area contributed by atoms with Gasteiger partial charge in [0.25, 0.3) is 0 Å². The van der Waals surface area contributed by atoms with Crippen LogP contribution in [0.2, 0.25) is 5.02 Å². The summed E-state index contributed by atoms with van der Waals surface area (Å²) in [4.78, 5) is 11.4. The van der Waals surface area contributed by atoms with Gasteiger partial charge in [0.1, 0.15) is 5.75 Å². The van der Waals surface area contributed by atoms with Gasteiger partial charge in [-0.05, 0) is 26.0 Å². The molecule has 18 heavy (non-hydrogen) atoms. The van der Waals surface area contributed by atoms with E-state index in [1.807, 2.05) is 6.92 Å². The van der Waals surface area contributed by atoms with Crippen molar-refractivity contribution in [3.8, 4) is 5.75 Å². The van der Waals surface area contributed by atoms with Gasteiger partial charge in [0.15, 0.2) is 0 Å². The van der Waals surface area contributed by atoms with Crippen LogP contribution in [-0.4, -0.2) is 26.2 Å². The van der Waals surface area contributed by atoms with Gasteiger partial charge in [0.05, 0.1) is 30.8 Å². The van der Waals surface area contributed by atoms with Crippen molar-refractivity contribution in [3.63, 3.8) is 0 Å². The molecule has 2 atom stereocenters. The summed E-state index contributed by atoms with van der Waals surface area (Å²) < 4.78 is 9.84. The molecule has 4 nitrogen and oxygen atoms in total. The first kappa shape index (κ1) is 14.6. The van der Waals surface area contributed by atoms with Crippen molar-refractivity contribution in [3.05, 3.63) is 23.2 Å². The summed E-state index contributed by atoms with van der Waals surface area (Å²) in [6.45, 7) is 3.70. The summed E-state index contributed by atoms with van der Waals surface area (Å²) in [5.41, 5.74) is 0.735. The maximum Gasteiger partial charge on any atom is 0.310 e. The lowest BCUT2D eigenvalue weighted by molar-refractivity contribution is -0.145. The number of carbonyl (C=O) groups is 1. The molecule has 0 aliphatic carbocycles. The van der Waals surface area contributed by atoms with E-state index in [1.165, 1.54) is 7.11 Å². The largest absolute Gasteiger partial charge is 0.497 e. The Kier molecular flexibility index (Phi) is 5.28. The van der Waals surface area contributed by atoms with E-state index in [0.717, 1.165) is 5.69 Å². The fraction of sp³-hybridized carbons (Fsp3) is 0.462. The highest BCUT2D eigenvalue weighted by molar-refractivity contribution is 6.33. The molecule has 0 saturated heterocycles. The zero-order valence-corrected chi connectivity index (χ0v) is 11.7. The first-order chi connectivity index (χ1) is 8.49. The SMILES string of the molecule is COC(=O)C(C)C(C)Nc1cc(OC)ccc1Cl. The van der Waals surface area contributed by atoms with E-state index in [0.29, 0.717) is 10.8 Å². The molecule has 0 saturated carbocycles. The van der Waals surface area contributed by atoms with E-state index >= 15 is 0 Å². The number of anilines is 1. The molecule has 0 amide bonds. The van der Waals surface area contributed by atoms with Crippen LogP contribution in [0.15, 0.2) is 18.2 Å². The molecule has 0 aromatic heterocycles.